The Balaban J connectivity index is 1.78. The summed E-state index contributed by atoms with van der Waals surface area (Å²) in [6, 6.07) is 9.59. The van der Waals surface area contributed by atoms with Gasteiger partial charge in [0, 0.05) is 12.1 Å². The SMILES string of the molecule is CCc1cn([C@@H]2C[C@H](c3ccccc3)[C@@H](O)[C@H]2O)c2ncnc(N)c12. The number of aryl methyl sites for hydroxylation is 1. The number of nitrogens with two attached hydrogens (primary N) is 1. The minimum absolute atomic E-state index is 0.108. The van der Waals surface area contributed by atoms with E-state index in [1.54, 1.807) is 0 Å². The number of aliphatic hydroxyl groups excluding tert-OH is 2. The molecule has 2 aromatic heterocycles. The number of benzene rings is 1. The van der Waals surface area contributed by atoms with E-state index in [1.165, 1.54) is 6.33 Å². The van der Waals surface area contributed by atoms with Gasteiger partial charge >= 0.3 is 0 Å². The van der Waals surface area contributed by atoms with Crippen LogP contribution in [0.2, 0.25) is 0 Å². The van der Waals surface area contributed by atoms with E-state index in [1.807, 2.05) is 41.1 Å². The van der Waals surface area contributed by atoms with Gasteiger partial charge in [-0.15, -0.1) is 0 Å². The average Bonchev–Trinajstić information content (AvgIpc) is 3.15. The molecule has 1 aliphatic rings. The van der Waals surface area contributed by atoms with E-state index in [4.69, 9.17) is 5.73 Å². The lowest BCUT2D eigenvalue weighted by Crippen LogP contribution is -2.28. The van der Waals surface area contributed by atoms with Crippen LogP contribution in [0.5, 0.6) is 0 Å². The molecule has 3 aromatic rings. The molecule has 0 radical (unpaired) electrons. The molecule has 4 rings (SSSR count). The van der Waals surface area contributed by atoms with E-state index in [9.17, 15) is 10.2 Å². The van der Waals surface area contributed by atoms with Crippen LogP contribution in [0.3, 0.4) is 0 Å². The topological polar surface area (TPSA) is 97.2 Å². The van der Waals surface area contributed by atoms with Gasteiger partial charge < -0.3 is 20.5 Å². The minimum Gasteiger partial charge on any atom is -0.390 e. The van der Waals surface area contributed by atoms with Crippen molar-refractivity contribution in [1.82, 2.24) is 14.5 Å². The first-order valence-corrected chi connectivity index (χ1v) is 8.62. The van der Waals surface area contributed by atoms with Crippen LogP contribution in [0.15, 0.2) is 42.9 Å². The molecule has 130 valence electrons. The Hall–Kier alpha value is -2.44. The molecule has 25 heavy (non-hydrogen) atoms. The summed E-state index contributed by atoms with van der Waals surface area (Å²) in [5, 5.41) is 22.2. The van der Waals surface area contributed by atoms with Crippen LogP contribution in [0.25, 0.3) is 11.0 Å². The van der Waals surface area contributed by atoms with Gasteiger partial charge in [-0.3, -0.25) is 0 Å². The summed E-state index contributed by atoms with van der Waals surface area (Å²) in [6.45, 7) is 2.05. The summed E-state index contributed by atoms with van der Waals surface area (Å²) < 4.78 is 1.96. The zero-order valence-corrected chi connectivity index (χ0v) is 14.1. The second-order valence-corrected chi connectivity index (χ2v) is 6.67. The van der Waals surface area contributed by atoms with Crippen molar-refractivity contribution in [2.75, 3.05) is 5.73 Å². The van der Waals surface area contributed by atoms with Crippen LogP contribution in [0.4, 0.5) is 5.82 Å². The monoisotopic (exact) mass is 338 g/mol. The van der Waals surface area contributed by atoms with Crippen molar-refractivity contribution in [3.8, 4) is 0 Å². The van der Waals surface area contributed by atoms with E-state index in [-0.39, 0.29) is 12.0 Å². The maximum Gasteiger partial charge on any atom is 0.146 e. The van der Waals surface area contributed by atoms with E-state index in [0.717, 1.165) is 22.9 Å². The summed E-state index contributed by atoms with van der Waals surface area (Å²) in [4.78, 5) is 8.49. The third kappa shape index (κ3) is 2.49. The lowest BCUT2D eigenvalue weighted by atomic mass is 9.95. The van der Waals surface area contributed by atoms with Crippen LogP contribution in [-0.2, 0) is 6.42 Å². The van der Waals surface area contributed by atoms with Gasteiger partial charge in [0.25, 0.3) is 0 Å². The molecule has 0 saturated heterocycles. The summed E-state index contributed by atoms with van der Waals surface area (Å²) >= 11 is 0. The highest BCUT2D eigenvalue weighted by Gasteiger charge is 2.43. The number of nitrogen functional groups attached to an aromatic ring is 1. The van der Waals surface area contributed by atoms with Crippen molar-refractivity contribution in [3.05, 3.63) is 54.0 Å². The van der Waals surface area contributed by atoms with Crippen LogP contribution >= 0.6 is 0 Å². The predicted molar refractivity (Wildman–Crippen MR) is 96.2 cm³/mol. The fourth-order valence-corrected chi connectivity index (χ4v) is 4.02. The fourth-order valence-electron chi connectivity index (χ4n) is 4.02. The van der Waals surface area contributed by atoms with Gasteiger partial charge in [-0.2, -0.15) is 0 Å². The number of hydrogen-bond acceptors (Lipinski definition) is 5. The highest BCUT2D eigenvalue weighted by atomic mass is 16.3. The van der Waals surface area contributed by atoms with Crippen LogP contribution < -0.4 is 5.73 Å². The molecule has 0 aliphatic heterocycles. The highest BCUT2D eigenvalue weighted by Crippen LogP contribution is 2.43. The molecule has 4 N–H and O–H groups in total. The van der Waals surface area contributed by atoms with E-state index in [0.29, 0.717) is 17.9 Å². The molecule has 1 aromatic carbocycles. The van der Waals surface area contributed by atoms with Gasteiger partial charge in [0.05, 0.1) is 17.5 Å². The van der Waals surface area contributed by atoms with Crippen molar-refractivity contribution in [1.29, 1.82) is 0 Å². The largest absolute Gasteiger partial charge is 0.390 e. The highest BCUT2D eigenvalue weighted by molar-refractivity contribution is 5.89. The Labute approximate surface area is 146 Å². The summed E-state index contributed by atoms with van der Waals surface area (Å²) in [5.74, 6) is 0.344. The van der Waals surface area contributed by atoms with E-state index < -0.39 is 12.2 Å². The molecule has 0 spiro atoms. The zero-order chi connectivity index (χ0) is 17.6. The second-order valence-electron chi connectivity index (χ2n) is 6.67. The molecule has 6 heteroatoms. The number of aromatic nitrogens is 3. The van der Waals surface area contributed by atoms with Crippen LogP contribution in [-0.4, -0.2) is 37.0 Å². The average molecular weight is 338 g/mol. The molecule has 0 amide bonds. The van der Waals surface area contributed by atoms with Crippen molar-refractivity contribution in [2.24, 2.45) is 0 Å². The second kappa shape index (κ2) is 6.13. The molecular weight excluding hydrogens is 316 g/mol. The maximum absolute atomic E-state index is 10.7. The molecule has 1 aliphatic carbocycles. The van der Waals surface area contributed by atoms with Crippen molar-refractivity contribution < 1.29 is 10.2 Å². The first-order valence-electron chi connectivity index (χ1n) is 8.62. The quantitative estimate of drug-likeness (QED) is 0.679. The number of anilines is 1. The van der Waals surface area contributed by atoms with Crippen molar-refractivity contribution >= 4 is 16.9 Å². The molecule has 1 saturated carbocycles. The predicted octanol–water partition coefficient (Wildman–Crippen LogP) is 2.03. The summed E-state index contributed by atoms with van der Waals surface area (Å²) in [5.41, 5.74) is 8.86. The lowest BCUT2D eigenvalue weighted by Gasteiger charge is -2.19. The molecule has 0 bridgehead atoms. The first-order chi connectivity index (χ1) is 12.1. The number of aliphatic hydroxyl groups is 2. The van der Waals surface area contributed by atoms with Gasteiger partial charge in [0.1, 0.15) is 23.9 Å². The Morgan fingerprint density at radius 2 is 1.92 bits per heavy atom. The van der Waals surface area contributed by atoms with Gasteiger partial charge in [0.15, 0.2) is 0 Å². The molecular formula is C19H22N4O2. The normalized spacial score (nSPS) is 26.4. The smallest absolute Gasteiger partial charge is 0.146 e. The molecule has 0 unspecified atom stereocenters. The fraction of sp³-hybridized carbons (Fsp3) is 0.368. The summed E-state index contributed by atoms with van der Waals surface area (Å²) in [7, 11) is 0. The molecule has 1 fully saturated rings. The summed E-state index contributed by atoms with van der Waals surface area (Å²) in [6.07, 6.45) is 3.21. The van der Waals surface area contributed by atoms with Gasteiger partial charge in [-0.25, -0.2) is 9.97 Å². The number of fused-ring (bicyclic) bond motifs is 1. The number of rotatable bonds is 3. The van der Waals surface area contributed by atoms with Gasteiger partial charge in [0.2, 0.25) is 0 Å². The molecule has 4 atom stereocenters. The van der Waals surface area contributed by atoms with Crippen molar-refractivity contribution in [2.45, 2.75) is 43.9 Å². The first kappa shape index (κ1) is 16.1. The Morgan fingerprint density at radius 3 is 2.64 bits per heavy atom. The lowest BCUT2D eigenvalue weighted by molar-refractivity contribution is 0.0179. The third-order valence-electron chi connectivity index (χ3n) is 5.33. The zero-order valence-electron chi connectivity index (χ0n) is 14.1. The van der Waals surface area contributed by atoms with Gasteiger partial charge in [-0.1, -0.05) is 37.3 Å². The third-order valence-corrected chi connectivity index (χ3v) is 5.33. The Kier molecular flexibility index (Phi) is 3.94. The Bertz CT molecular complexity index is 893. The number of nitrogens with zero attached hydrogens (tertiary/aromatic N) is 3. The van der Waals surface area contributed by atoms with Crippen molar-refractivity contribution in [3.63, 3.8) is 0 Å². The minimum atomic E-state index is -0.860. The standard InChI is InChI=1S/C19H22N4O2/c1-2-11-9-23(19-15(11)18(20)21-10-22-19)14-8-13(16(24)17(14)25)12-6-4-3-5-7-12/h3-7,9-10,13-14,16-17,24-25H,2,8H2,1H3,(H2,20,21,22)/t13-,14-,16-,17+/m1/s1. The maximum atomic E-state index is 10.7. The molecule has 6 nitrogen and oxygen atoms in total. The van der Waals surface area contributed by atoms with Crippen LogP contribution in [0, 0.1) is 0 Å². The van der Waals surface area contributed by atoms with E-state index >= 15 is 0 Å². The van der Waals surface area contributed by atoms with E-state index in [2.05, 4.69) is 16.9 Å². The van der Waals surface area contributed by atoms with Gasteiger partial charge in [-0.05, 0) is 24.0 Å². The number of hydrogen-bond donors (Lipinski definition) is 3. The Morgan fingerprint density at radius 1 is 1.16 bits per heavy atom. The van der Waals surface area contributed by atoms with Crippen LogP contribution in [0.1, 0.15) is 36.4 Å². The molecule has 2 heterocycles.